The minimum Gasteiger partial charge on any atom is -0.480 e. The second-order valence-electron chi connectivity index (χ2n) is 2.68. The van der Waals surface area contributed by atoms with Crippen LogP contribution < -0.4 is 10.6 Å². The van der Waals surface area contributed by atoms with E-state index in [4.69, 9.17) is 5.11 Å². The van der Waals surface area contributed by atoms with Crippen LogP contribution in [0.5, 0.6) is 0 Å². The zero-order chi connectivity index (χ0) is 12.4. The minimum atomic E-state index is -1.17. The van der Waals surface area contributed by atoms with Gasteiger partial charge in [-0.3, -0.25) is 10.1 Å². The Hall–Kier alpha value is -1.28. The van der Waals surface area contributed by atoms with Crippen LogP contribution in [0, 0.1) is 0 Å². The van der Waals surface area contributed by atoms with Crippen LogP contribution in [0.25, 0.3) is 0 Å². The van der Waals surface area contributed by atoms with Gasteiger partial charge in [0.25, 0.3) is 5.91 Å². The van der Waals surface area contributed by atoms with Gasteiger partial charge in [0.2, 0.25) is 0 Å². The number of aliphatic carboxylic acids is 1. The van der Waals surface area contributed by atoms with E-state index in [1.807, 2.05) is 11.6 Å². The van der Waals surface area contributed by atoms with Gasteiger partial charge in [0, 0.05) is 12.3 Å². The largest absolute Gasteiger partial charge is 0.480 e. The maximum Gasteiger partial charge on any atom is 0.329 e. The van der Waals surface area contributed by atoms with E-state index in [-0.39, 0.29) is 0 Å². The number of urea groups is 1. The van der Waals surface area contributed by atoms with E-state index < -0.39 is 31.1 Å². The minimum absolute atomic E-state index is 0.455. The molecule has 16 heavy (non-hydrogen) atoms. The molecule has 0 spiro atoms. The fourth-order valence-electron chi connectivity index (χ4n) is 0.705. The molecule has 8 heteroatoms. The first-order valence-corrected chi connectivity index (χ1v) is 5.81. The van der Waals surface area contributed by atoms with Crippen molar-refractivity contribution in [1.82, 2.24) is 10.6 Å². The maximum absolute atomic E-state index is 11.0. The number of amides is 3. The number of carboxylic acid groups (broad SMARTS) is 1. The molecule has 0 rings (SSSR count). The number of imide groups is 1. The van der Waals surface area contributed by atoms with Gasteiger partial charge in [-0.1, -0.05) is 0 Å². The Morgan fingerprint density at radius 1 is 1.31 bits per heavy atom. The van der Waals surface area contributed by atoms with E-state index >= 15 is 0 Å². The molecule has 92 valence electrons. The molecular weight excluding hydrogens is 236 g/mol. The fraction of sp³-hybridized carbons (Fsp3) is 0.625. The summed E-state index contributed by atoms with van der Waals surface area (Å²) >= 11 is 1.56. The molecule has 0 aromatic rings. The molecule has 0 aromatic heterocycles. The summed E-state index contributed by atoms with van der Waals surface area (Å²) in [6, 6.07) is -0.613. The number of carbonyl (C=O) groups excluding carboxylic acids is 2. The molecule has 0 aliphatic carbocycles. The van der Waals surface area contributed by atoms with E-state index in [1.54, 1.807) is 11.8 Å². The van der Waals surface area contributed by atoms with Gasteiger partial charge in [-0.2, -0.15) is 11.8 Å². The highest BCUT2D eigenvalue weighted by atomic mass is 32.2. The highest BCUT2D eigenvalue weighted by molar-refractivity contribution is 7.98. The van der Waals surface area contributed by atoms with Crippen LogP contribution in [0.2, 0.25) is 0 Å². The number of rotatable bonds is 7. The van der Waals surface area contributed by atoms with E-state index in [0.717, 1.165) is 5.75 Å². The Labute approximate surface area is 96.9 Å². The van der Waals surface area contributed by atoms with Gasteiger partial charge in [-0.25, -0.2) is 9.59 Å². The summed E-state index contributed by atoms with van der Waals surface area (Å²) in [5.74, 6) is -1.10. The monoisotopic (exact) mass is 250 g/mol. The fourth-order valence-corrected chi connectivity index (χ4v) is 1.01. The topological polar surface area (TPSA) is 105 Å². The SMILES string of the molecule is CSCCNC(=O)NC(=O)COCC(=O)O. The Bertz CT molecular complexity index is 259. The van der Waals surface area contributed by atoms with Crippen LogP contribution in [0.15, 0.2) is 0 Å². The predicted octanol–water partition coefficient (Wildman–Crippen LogP) is -0.724. The molecule has 0 aliphatic rings. The van der Waals surface area contributed by atoms with E-state index in [0.29, 0.717) is 6.54 Å². The molecule has 7 nitrogen and oxygen atoms in total. The number of nitrogens with one attached hydrogen (secondary N) is 2. The Morgan fingerprint density at radius 3 is 2.56 bits per heavy atom. The van der Waals surface area contributed by atoms with Gasteiger partial charge >= 0.3 is 12.0 Å². The third kappa shape index (κ3) is 9.28. The van der Waals surface area contributed by atoms with Crippen molar-refractivity contribution in [3.63, 3.8) is 0 Å². The molecule has 3 N–H and O–H groups in total. The number of carbonyl (C=O) groups is 3. The van der Waals surface area contributed by atoms with Crippen molar-refractivity contribution < 1.29 is 24.2 Å². The van der Waals surface area contributed by atoms with Crippen LogP contribution in [0.3, 0.4) is 0 Å². The summed E-state index contributed by atoms with van der Waals surface area (Å²) in [5, 5.41) is 12.7. The van der Waals surface area contributed by atoms with Crippen molar-refractivity contribution in [3.8, 4) is 0 Å². The van der Waals surface area contributed by atoms with Crippen molar-refractivity contribution >= 4 is 29.7 Å². The van der Waals surface area contributed by atoms with Crippen molar-refractivity contribution in [2.75, 3.05) is 31.8 Å². The maximum atomic E-state index is 11.0. The van der Waals surface area contributed by atoms with Crippen LogP contribution in [-0.4, -0.2) is 54.8 Å². The molecule has 0 bridgehead atoms. The lowest BCUT2D eigenvalue weighted by Crippen LogP contribution is -2.42. The van der Waals surface area contributed by atoms with Gasteiger partial charge < -0.3 is 15.2 Å². The normalized spacial score (nSPS) is 9.56. The van der Waals surface area contributed by atoms with Crippen molar-refractivity contribution in [2.45, 2.75) is 0 Å². The summed E-state index contributed by atoms with van der Waals surface area (Å²) < 4.78 is 4.49. The average Bonchev–Trinajstić information content (AvgIpc) is 2.17. The second-order valence-corrected chi connectivity index (χ2v) is 3.67. The molecule has 0 aliphatic heterocycles. The highest BCUT2D eigenvalue weighted by Gasteiger charge is 2.07. The number of hydrogen-bond donors (Lipinski definition) is 3. The standard InChI is InChI=1S/C8H14N2O5S/c1-16-3-2-9-8(14)10-6(11)4-15-5-7(12)13/h2-5H2,1H3,(H,12,13)(H2,9,10,11,14). The molecule has 0 radical (unpaired) electrons. The molecule has 0 aromatic carbocycles. The van der Waals surface area contributed by atoms with Crippen LogP contribution in [-0.2, 0) is 14.3 Å². The van der Waals surface area contributed by atoms with Gasteiger partial charge in [0.1, 0.15) is 13.2 Å². The zero-order valence-electron chi connectivity index (χ0n) is 8.82. The Kier molecular flexibility index (Phi) is 8.26. The summed E-state index contributed by atoms with van der Waals surface area (Å²) in [5.41, 5.74) is 0. The van der Waals surface area contributed by atoms with Gasteiger partial charge in [0.15, 0.2) is 0 Å². The van der Waals surface area contributed by atoms with E-state index in [2.05, 4.69) is 10.1 Å². The molecule has 0 atom stereocenters. The molecule has 0 saturated carbocycles. The second kappa shape index (κ2) is 8.98. The van der Waals surface area contributed by atoms with Gasteiger partial charge in [0.05, 0.1) is 0 Å². The lowest BCUT2D eigenvalue weighted by Gasteiger charge is -2.05. The number of thioether (sulfide) groups is 1. The summed E-state index contributed by atoms with van der Waals surface area (Å²) in [6.45, 7) is -0.569. The first-order chi connectivity index (χ1) is 7.56. The predicted molar refractivity (Wildman–Crippen MR) is 58.4 cm³/mol. The number of carboxylic acids is 1. The summed E-state index contributed by atoms with van der Waals surface area (Å²) in [6.07, 6.45) is 1.89. The van der Waals surface area contributed by atoms with Gasteiger partial charge in [-0.05, 0) is 6.26 Å². The third-order valence-electron chi connectivity index (χ3n) is 1.30. The van der Waals surface area contributed by atoms with Crippen LogP contribution >= 0.6 is 11.8 Å². The quantitative estimate of drug-likeness (QED) is 0.515. The molecular formula is C8H14N2O5S. The summed E-state index contributed by atoms with van der Waals surface area (Å²) in [4.78, 5) is 32.0. The smallest absolute Gasteiger partial charge is 0.329 e. The average molecular weight is 250 g/mol. The molecule has 0 fully saturated rings. The first kappa shape index (κ1) is 14.7. The lowest BCUT2D eigenvalue weighted by atomic mass is 10.6. The van der Waals surface area contributed by atoms with Crippen molar-refractivity contribution in [3.05, 3.63) is 0 Å². The van der Waals surface area contributed by atoms with E-state index in [1.165, 1.54) is 0 Å². The first-order valence-electron chi connectivity index (χ1n) is 4.42. The molecule has 3 amide bonds. The Balaban J connectivity index is 3.54. The van der Waals surface area contributed by atoms with Gasteiger partial charge in [-0.15, -0.1) is 0 Å². The van der Waals surface area contributed by atoms with Crippen molar-refractivity contribution in [1.29, 1.82) is 0 Å². The lowest BCUT2D eigenvalue weighted by molar-refractivity contribution is -0.143. The molecule has 0 heterocycles. The van der Waals surface area contributed by atoms with E-state index in [9.17, 15) is 14.4 Å². The zero-order valence-corrected chi connectivity index (χ0v) is 9.63. The van der Waals surface area contributed by atoms with Crippen molar-refractivity contribution in [2.24, 2.45) is 0 Å². The van der Waals surface area contributed by atoms with Crippen LogP contribution in [0.4, 0.5) is 4.79 Å². The highest BCUT2D eigenvalue weighted by Crippen LogP contribution is 1.86. The number of ether oxygens (including phenoxy) is 1. The summed E-state index contributed by atoms with van der Waals surface area (Å²) in [7, 11) is 0. The van der Waals surface area contributed by atoms with Crippen LogP contribution in [0.1, 0.15) is 0 Å². The molecule has 0 unspecified atom stereocenters. The Morgan fingerprint density at radius 2 is 2.00 bits per heavy atom. The third-order valence-corrected chi connectivity index (χ3v) is 1.92. The number of hydrogen-bond acceptors (Lipinski definition) is 5. The molecule has 0 saturated heterocycles.